The van der Waals surface area contributed by atoms with Gasteiger partial charge in [-0.15, -0.1) is 0 Å². The van der Waals surface area contributed by atoms with Crippen LogP contribution in [0, 0.1) is 0 Å². The fourth-order valence-electron chi connectivity index (χ4n) is 0.775. The SMILES string of the molecule is C=C(C)C(=O)OC(CCS(=O)(=O)O)C(F)(F)F. The molecule has 0 amide bonds. The van der Waals surface area contributed by atoms with Crippen LogP contribution >= 0.6 is 0 Å². The van der Waals surface area contributed by atoms with E-state index >= 15 is 0 Å². The van der Waals surface area contributed by atoms with Crippen molar-refractivity contribution in [2.75, 3.05) is 5.75 Å². The summed E-state index contributed by atoms with van der Waals surface area (Å²) in [5, 5.41) is 0. The zero-order valence-corrected chi connectivity index (χ0v) is 9.64. The standard InChI is InChI=1S/C8H11F3O5S/c1-5(2)7(12)16-6(8(9,10)11)3-4-17(13,14)15/h6H,1,3-4H2,2H3,(H,13,14,15). The van der Waals surface area contributed by atoms with Crippen molar-refractivity contribution in [1.29, 1.82) is 0 Å². The van der Waals surface area contributed by atoms with Crippen LogP contribution in [-0.4, -0.2) is 37.0 Å². The fraction of sp³-hybridized carbons (Fsp3) is 0.625. The minimum absolute atomic E-state index is 0.244. The summed E-state index contributed by atoms with van der Waals surface area (Å²) in [6.45, 7) is 4.24. The summed E-state index contributed by atoms with van der Waals surface area (Å²) in [6.07, 6.45) is -8.56. The Labute approximate surface area is 96.0 Å². The van der Waals surface area contributed by atoms with Crippen molar-refractivity contribution in [3.8, 4) is 0 Å². The molecule has 5 nitrogen and oxygen atoms in total. The normalized spacial score (nSPS) is 14.2. The number of rotatable bonds is 5. The van der Waals surface area contributed by atoms with Gasteiger partial charge in [-0.05, 0) is 6.92 Å². The molecular weight excluding hydrogens is 265 g/mol. The molecule has 17 heavy (non-hydrogen) atoms. The predicted molar refractivity (Wildman–Crippen MR) is 51.8 cm³/mol. The van der Waals surface area contributed by atoms with Gasteiger partial charge in [0, 0.05) is 12.0 Å². The molecule has 0 saturated carbocycles. The third-order valence-electron chi connectivity index (χ3n) is 1.60. The monoisotopic (exact) mass is 276 g/mol. The smallest absolute Gasteiger partial charge is 0.425 e. The number of halogens is 3. The maximum absolute atomic E-state index is 12.3. The van der Waals surface area contributed by atoms with Gasteiger partial charge in [-0.3, -0.25) is 4.55 Å². The van der Waals surface area contributed by atoms with Crippen molar-refractivity contribution in [3.05, 3.63) is 12.2 Å². The maximum Gasteiger partial charge on any atom is 0.425 e. The molecule has 0 aromatic heterocycles. The molecule has 0 rings (SSSR count). The lowest BCUT2D eigenvalue weighted by atomic mass is 10.2. The number of hydrogen-bond acceptors (Lipinski definition) is 4. The highest BCUT2D eigenvalue weighted by molar-refractivity contribution is 7.85. The highest BCUT2D eigenvalue weighted by atomic mass is 32.2. The van der Waals surface area contributed by atoms with E-state index < -0.39 is 40.5 Å². The lowest BCUT2D eigenvalue weighted by molar-refractivity contribution is -0.219. The van der Waals surface area contributed by atoms with Gasteiger partial charge in [0.2, 0.25) is 0 Å². The summed E-state index contributed by atoms with van der Waals surface area (Å²) in [7, 11) is -4.55. The lowest BCUT2D eigenvalue weighted by Gasteiger charge is -2.20. The summed E-state index contributed by atoms with van der Waals surface area (Å²) >= 11 is 0. The fourth-order valence-corrected chi connectivity index (χ4v) is 1.29. The molecular formula is C8H11F3O5S. The van der Waals surface area contributed by atoms with Crippen molar-refractivity contribution >= 4 is 16.1 Å². The molecule has 100 valence electrons. The van der Waals surface area contributed by atoms with Crippen molar-refractivity contribution in [2.45, 2.75) is 25.6 Å². The molecule has 0 aliphatic carbocycles. The van der Waals surface area contributed by atoms with E-state index in [9.17, 15) is 26.4 Å². The van der Waals surface area contributed by atoms with Crippen molar-refractivity contribution in [2.24, 2.45) is 0 Å². The van der Waals surface area contributed by atoms with E-state index in [0.29, 0.717) is 0 Å². The predicted octanol–water partition coefficient (Wildman–Crippen LogP) is 1.31. The van der Waals surface area contributed by atoms with Crippen LogP contribution in [0.4, 0.5) is 13.2 Å². The molecule has 0 heterocycles. The molecule has 0 aromatic carbocycles. The molecule has 0 saturated heterocycles. The zero-order valence-electron chi connectivity index (χ0n) is 8.82. The molecule has 0 spiro atoms. The molecule has 0 aromatic rings. The van der Waals surface area contributed by atoms with Gasteiger partial charge in [-0.1, -0.05) is 6.58 Å². The Balaban J connectivity index is 4.68. The zero-order chi connectivity index (χ0) is 13.9. The van der Waals surface area contributed by atoms with Crippen LogP contribution in [-0.2, 0) is 19.6 Å². The molecule has 1 unspecified atom stereocenters. The number of esters is 1. The molecule has 9 heteroatoms. The Hall–Kier alpha value is -1.09. The van der Waals surface area contributed by atoms with Crippen LogP contribution in [0.2, 0.25) is 0 Å². The quantitative estimate of drug-likeness (QED) is 0.465. The van der Waals surface area contributed by atoms with Crippen LogP contribution in [0.5, 0.6) is 0 Å². The van der Waals surface area contributed by atoms with Crippen LogP contribution < -0.4 is 0 Å². The number of carbonyl (C=O) groups excluding carboxylic acids is 1. The third-order valence-corrected chi connectivity index (χ3v) is 2.35. The van der Waals surface area contributed by atoms with E-state index in [0.717, 1.165) is 6.92 Å². The summed E-state index contributed by atoms with van der Waals surface area (Å²) in [5.74, 6) is -2.43. The number of hydrogen-bond donors (Lipinski definition) is 1. The number of carbonyl (C=O) groups is 1. The largest absolute Gasteiger partial charge is 0.449 e. The van der Waals surface area contributed by atoms with Crippen LogP contribution in [0.3, 0.4) is 0 Å². The first-order valence-corrected chi connectivity index (χ1v) is 5.93. The van der Waals surface area contributed by atoms with Crippen LogP contribution in [0.15, 0.2) is 12.2 Å². The topological polar surface area (TPSA) is 80.7 Å². The number of alkyl halides is 3. The van der Waals surface area contributed by atoms with Gasteiger partial charge < -0.3 is 4.74 Å². The Morgan fingerprint density at radius 1 is 1.47 bits per heavy atom. The van der Waals surface area contributed by atoms with Gasteiger partial charge in [0.25, 0.3) is 10.1 Å². The molecule has 1 N–H and O–H groups in total. The molecule has 0 bridgehead atoms. The molecule has 0 radical (unpaired) electrons. The Morgan fingerprint density at radius 2 is 1.94 bits per heavy atom. The van der Waals surface area contributed by atoms with E-state index in [1.54, 1.807) is 0 Å². The average Bonchev–Trinajstić information content (AvgIpc) is 2.07. The second-order valence-corrected chi connectivity index (χ2v) is 4.86. The second-order valence-electron chi connectivity index (χ2n) is 3.29. The average molecular weight is 276 g/mol. The molecule has 0 aliphatic rings. The summed E-state index contributed by atoms with van der Waals surface area (Å²) < 4.78 is 70.0. The highest BCUT2D eigenvalue weighted by Gasteiger charge is 2.43. The number of ether oxygens (including phenoxy) is 1. The molecule has 0 aliphatic heterocycles. The Morgan fingerprint density at radius 3 is 2.24 bits per heavy atom. The Kier molecular flexibility index (Phi) is 5.14. The van der Waals surface area contributed by atoms with Gasteiger partial charge in [-0.2, -0.15) is 21.6 Å². The first-order chi connectivity index (χ1) is 7.43. The van der Waals surface area contributed by atoms with E-state index in [1.807, 2.05) is 0 Å². The van der Waals surface area contributed by atoms with Gasteiger partial charge in [0.05, 0.1) is 5.75 Å². The van der Waals surface area contributed by atoms with E-state index in [2.05, 4.69) is 11.3 Å². The minimum atomic E-state index is -4.91. The highest BCUT2D eigenvalue weighted by Crippen LogP contribution is 2.26. The third kappa shape index (κ3) is 6.95. The second kappa shape index (κ2) is 5.50. The first-order valence-electron chi connectivity index (χ1n) is 4.32. The Bertz CT molecular complexity index is 398. The van der Waals surface area contributed by atoms with Gasteiger partial charge in [0.1, 0.15) is 0 Å². The lowest BCUT2D eigenvalue weighted by Crippen LogP contribution is -2.35. The molecule has 0 fully saturated rings. The van der Waals surface area contributed by atoms with Crippen LogP contribution in [0.25, 0.3) is 0 Å². The minimum Gasteiger partial charge on any atom is -0.449 e. The van der Waals surface area contributed by atoms with Gasteiger partial charge in [-0.25, -0.2) is 4.79 Å². The van der Waals surface area contributed by atoms with Crippen molar-refractivity contribution in [1.82, 2.24) is 0 Å². The summed E-state index contributed by atoms with van der Waals surface area (Å²) in [6, 6.07) is 0. The maximum atomic E-state index is 12.3. The van der Waals surface area contributed by atoms with E-state index in [-0.39, 0.29) is 5.57 Å². The van der Waals surface area contributed by atoms with Crippen molar-refractivity contribution in [3.63, 3.8) is 0 Å². The summed E-state index contributed by atoms with van der Waals surface area (Å²) in [4.78, 5) is 10.9. The molecule has 1 atom stereocenters. The van der Waals surface area contributed by atoms with Gasteiger partial charge in [0.15, 0.2) is 6.10 Å². The van der Waals surface area contributed by atoms with Crippen LogP contribution in [0.1, 0.15) is 13.3 Å². The summed E-state index contributed by atoms with van der Waals surface area (Å²) in [5.41, 5.74) is -0.244. The first kappa shape index (κ1) is 15.9. The van der Waals surface area contributed by atoms with E-state index in [4.69, 9.17) is 4.55 Å². The van der Waals surface area contributed by atoms with Crippen molar-refractivity contribution < 1.29 is 35.7 Å². The van der Waals surface area contributed by atoms with Gasteiger partial charge >= 0.3 is 12.1 Å². The van der Waals surface area contributed by atoms with E-state index in [1.165, 1.54) is 0 Å².